The van der Waals surface area contributed by atoms with E-state index >= 15 is 0 Å². The highest BCUT2D eigenvalue weighted by atomic mass is 16.5. The highest BCUT2D eigenvalue weighted by molar-refractivity contribution is 5.96. The van der Waals surface area contributed by atoms with Crippen LogP contribution < -0.4 is 20.4 Å². The van der Waals surface area contributed by atoms with E-state index in [1.165, 1.54) is 6.07 Å². The van der Waals surface area contributed by atoms with Crippen molar-refractivity contribution >= 4 is 22.6 Å². The van der Waals surface area contributed by atoms with Gasteiger partial charge in [0.25, 0.3) is 5.91 Å². The molecule has 0 spiro atoms. The van der Waals surface area contributed by atoms with Crippen molar-refractivity contribution in [1.82, 2.24) is 0 Å². The van der Waals surface area contributed by atoms with E-state index in [0.717, 1.165) is 16.5 Å². The summed E-state index contributed by atoms with van der Waals surface area (Å²) in [6.45, 7) is 1.62. The number of ether oxygens (including phenoxy) is 2. The number of amides is 1. The fraction of sp³-hybridized carbons (Fsp3) is 0.120. The predicted molar refractivity (Wildman–Crippen MR) is 120 cm³/mol. The Kier molecular flexibility index (Phi) is 5.71. The van der Waals surface area contributed by atoms with E-state index in [-0.39, 0.29) is 12.5 Å². The van der Waals surface area contributed by atoms with Crippen LogP contribution in [0.25, 0.3) is 22.1 Å². The first-order chi connectivity index (χ1) is 15.0. The third-order valence-electron chi connectivity index (χ3n) is 4.93. The van der Waals surface area contributed by atoms with E-state index in [0.29, 0.717) is 28.3 Å². The molecule has 0 bridgehead atoms. The van der Waals surface area contributed by atoms with E-state index in [4.69, 9.17) is 13.9 Å². The highest BCUT2D eigenvalue weighted by Gasteiger charge is 2.14. The second kappa shape index (κ2) is 8.75. The minimum Gasteiger partial charge on any atom is -0.497 e. The molecular formula is C25H21NO5. The molecule has 0 radical (unpaired) electrons. The van der Waals surface area contributed by atoms with Crippen molar-refractivity contribution in [3.63, 3.8) is 0 Å². The molecule has 6 heteroatoms. The molecule has 0 saturated carbocycles. The number of rotatable bonds is 6. The van der Waals surface area contributed by atoms with E-state index in [1.807, 2.05) is 36.4 Å². The van der Waals surface area contributed by atoms with Gasteiger partial charge in [0.2, 0.25) is 0 Å². The lowest BCUT2D eigenvalue weighted by Crippen LogP contribution is -2.20. The third kappa shape index (κ3) is 4.43. The number of hydrogen-bond donors (Lipinski definition) is 1. The molecule has 1 N–H and O–H groups in total. The van der Waals surface area contributed by atoms with Crippen LogP contribution in [0.2, 0.25) is 0 Å². The minimum atomic E-state index is -0.441. The fourth-order valence-corrected chi connectivity index (χ4v) is 3.37. The standard InChI is InChI=1S/C25H21NO5/c1-16-22(30-15-23(27)26-18-8-10-19(29-2)11-9-18)13-12-20-21(14-24(28)31-25(16)20)17-6-4-3-5-7-17/h3-14H,15H2,1-2H3,(H,26,27). The number of methoxy groups -OCH3 is 1. The smallest absolute Gasteiger partial charge is 0.336 e. The molecule has 156 valence electrons. The number of carbonyl (C=O) groups is 1. The van der Waals surface area contributed by atoms with Gasteiger partial charge < -0.3 is 19.2 Å². The van der Waals surface area contributed by atoms with Gasteiger partial charge in [-0.2, -0.15) is 0 Å². The number of aryl methyl sites for hydroxylation is 1. The van der Waals surface area contributed by atoms with Crippen LogP contribution in [0.15, 0.2) is 82.0 Å². The quantitative estimate of drug-likeness (QED) is 0.458. The zero-order valence-electron chi connectivity index (χ0n) is 17.2. The van der Waals surface area contributed by atoms with Crippen molar-refractivity contribution in [3.8, 4) is 22.6 Å². The topological polar surface area (TPSA) is 77.8 Å². The number of hydrogen-bond acceptors (Lipinski definition) is 5. The molecule has 4 rings (SSSR count). The average molecular weight is 415 g/mol. The zero-order chi connectivity index (χ0) is 21.8. The van der Waals surface area contributed by atoms with Gasteiger partial charge in [-0.3, -0.25) is 4.79 Å². The van der Waals surface area contributed by atoms with Crippen molar-refractivity contribution in [1.29, 1.82) is 0 Å². The first kappa shape index (κ1) is 20.2. The Morgan fingerprint density at radius 2 is 1.74 bits per heavy atom. The van der Waals surface area contributed by atoms with Gasteiger partial charge in [-0.05, 0) is 54.4 Å². The molecule has 31 heavy (non-hydrogen) atoms. The molecule has 4 aromatic rings. The molecule has 3 aromatic carbocycles. The Morgan fingerprint density at radius 1 is 1.00 bits per heavy atom. The number of carbonyl (C=O) groups excluding carboxylic acids is 1. The molecule has 0 atom stereocenters. The van der Waals surface area contributed by atoms with Crippen LogP contribution in [0.3, 0.4) is 0 Å². The van der Waals surface area contributed by atoms with Gasteiger partial charge in [-0.1, -0.05) is 30.3 Å². The SMILES string of the molecule is COc1ccc(NC(=O)COc2ccc3c(-c4ccccc4)cc(=O)oc3c2C)cc1. The first-order valence-electron chi connectivity index (χ1n) is 9.75. The molecular weight excluding hydrogens is 394 g/mol. The molecule has 0 unspecified atom stereocenters. The Labute approximate surface area is 179 Å². The summed E-state index contributed by atoms with van der Waals surface area (Å²) in [4.78, 5) is 24.4. The first-order valence-corrected chi connectivity index (χ1v) is 9.75. The maximum absolute atomic E-state index is 12.3. The lowest BCUT2D eigenvalue weighted by molar-refractivity contribution is -0.118. The van der Waals surface area contributed by atoms with E-state index in [2.05, 4.69) is 5.32 Å². The second-order valence-electron chi connectivity index (χ2n) is 6.98. The van der Waals surface area contributed by atoms with Crippen molar-refractivity contribution in [2.75, 3.05) is 19.0 Å². The summed E-state index contributed by atoms with van der Waals surface area (Å²) in [5, 5.41) is 3.57. The summed E-state index contributed by atoms with van der Waals surface area (Å²) in [6.07, 6.45) is 0. The lowest BCUT2D eigenvalue weighted by atomic mass is 10.0. The van der Waals surface area contributed by atoms with Crippen LogP contribution in [-0.2, 0) is 4.79 Å². The lowest BCUT2D eigenvalue weighted by Gasteiger charge is -2.13. The molecule has 1 amide bonds. The number of anilines is 1. The van der Waals surface area contributed by atoms with Crippen LogP contribution in [0.4, 0.5) is 5.69 Å². The van der Waals surface area contributed by atoms with Crippen LogP contribution in [0.5, 0.6) is 11.5 Å². The summed E-state index contributed by atoms with van der Waals surface area (Å²) in [7, 11) is 1.58. The van der Waals surface area contributed by atoms with Crippen molar-refractivity contribution in [2.45, 2.75) is 6.92 Å². The van der Waals surface area contributed by atoms with Gasteiger partial charge in [-0.25, -0.2) is 4.79 Å². The summed E-state index contributed by atoms with van der Waals surface area (Å²) in [6, 6.07) is 21.8. The van der Waals surface area contributed by atoms with Crippen LogP contribution in [0, 0.1) is 6.92 Å². The van der Waals surface area contributed by atoms with E-state index in [1.54, 1.807) is 44.4 Å². The van der Waals surface area contributed by atoms with Gasteiger partial charge >= 0.3 is 5.63 Å². The largest absolute Gasteiger partial charge is 0.497 e. The molecule has 0 saturated heterocycles. The van der Waals surface area contributed by atoms with E-state index < -0.39 is 5.63 Å². The summed E-state index contributed by atoms with van der Waals surface area (Å²) >= 11 is 0. The van der Waals surface area contributed by atoms with Gasteiger partial charge in [0.05, 0.1) is 7.11 Å². The van der Waals surface area contributed by atoms with Gasteiger partial charge in [0, 0.05) is 22.7 Å². The van der Waals surface area contributed by atoms with Crippen molar-refractivity contribution in [2.24, 2.45) is 0 Å². The number of fused-ring (bicyclic) bond motifs is 1. The summed E-state index contributed by atoms with van der Waals surface area (Å²) < 4.78 is 16.3. The molecule has 0 fully saturated rings. The summed E-state index contributed by atoms with van der Waals surface area (Å²) in [5.41, 5.74) is 3.02. The number of benzene rings is 3. The molecule has 0 aliphatic carbocycles. The highest BCUT2D eigenvalue weighted by Crippen LogP contribution is 2.33. The molecule has 0 aliphatic rings. The van der Waals surface area contributed by atoms with Crippen molar-refractivity contribution < 1.29 is 18.7 Å². The number of nitrogens with one attached hydrogen (secondary N) is 1. The van der Waals surface area contributed by atoms with Crippen LogP contribution >= 0.6 is 0 Å². The Hall–Kier alpha value is -4.06. The van der Waals surface area contributed by atoms with Gasteiger partial charge in [-0.15, -0.1) is 0 Å². The van der Waals surface area contributed by atoms with Crippen LogP contribution in [-0.4, -0.2) is 19.6 Å². The molecule has 1 aromatic heterocycles. The zero-order valence-corrected chi connectivity index (χ0v) is 17.2. The van der Waals surface area contributed by atoms with Gasteiger partial charge in [0.1, 0.15) is 17.1 Å². The summed E-state index contributed by atoms with van der Waals surface area (Å²) in [5.74, 6) is 0.882. The molecule has 1 heterocycles. The normalized spacial score (nSPS) is 10.6. The molecule has 0 aliphatic heterocycles. The minimum absolute atomic E-state index is 0.180. The van der Waals surface area contributed by atoms with E-state index in [9.17, 15) is 9.59 Å². The van der Waals surface area contributed by atoms with Crippen LogP contribution in [0.1, 0.15) is 5.56 Å². The second-order valence-corrected chi connectivity index (χ2v) is 6.98. The van der Waals surface area contributed by atoms with Gasteiger partial charge in [0.15, 0.2) is 6.61 Å². The fourth-order valence-electron chi connectivity index (χ4n) is 3.37. The monoisotopic (exact) mass is 415 g/mol. The Balaban J connectivity index is 1.55. The maximum atomic E-state index is 12.3. The average Bonchev–Trinajstić information content (AvgIpc) is 2.79. The molecule has 6 nitrogen and oxygen atoms in total. The Bertz CT molecular complexity index is 1280. The predicted octanol–water partition coefficient (Wildman–Crippen LogP) is 4.79. The van der Waals surface area contributed by atoms with Crippen molar-refractivity contribution in [3.05, 3.63) is 88.8 Å². The Morgan fingerprint density at radius 3 is 2.45 bits per heavy atom. The maximum Gasteiger partial charge on any atom is 0.336 e. The third-order valence-corrected chi connectivity index (χ3v) is 4.93.